The Hall–Kier alpha value is -2.95. The summed E-state index contributed by atoms with van der Waals surface area (Å²) in [5.41, 5.74) is 1.91. The molecule has 0 saturated carbocycles. The number of rotatable bonds is 7. The van der Waals surface area contributed by atoms with Gasteiger partial charge in [-0.15, -0.1) is 0 Å². The molecule has 0 radical (unpaired) electrons. The van der Waals surface area contributed by atoms with Gasteiger partial charge >= 0.3 is 0 Å². The van der Waals surface area contributed by atoms with Crippen LogP contribution in [0.4, 0.5) is 5.13 Å². The van der Waals surface area contributed by atoms with E-state index >= 15 is 0 Å². The highest BCUT2D eigenvalue weighted by Gasteiger charge is 2.21. The number of hydrogen-bond acceptors (Lipinski definition) is 6. The lowest BCUT2D eigenvalue weighted by Crippen LogP contribution is -2.33. The highest BCUT2D eigenvalue weighted by atomic mass is 32.1. The van der Waals surface area contributed by atoms with E-state index in [0.29, 0.717) is 22.8 Å². The fourth-order valence-corrected chi connectivity index (χ4v) is 3.83. The minimum Gasteiger partial charge on any atom is -0.497 e. The second-order valence-corrected chi connectivity index (χ2v) is 7.64. The molecule has 7 heteroatoms. The Labute approximate surface area is 168 Å². The summed E-state index contributed by atoms with van der Waals surface area (Å²) >= 11 is 1.47. The van der Waals surface area contributed by atoms with Crippen LogP contribution >= 0.6 is 11.3 Å². The van der Waals surface area contributed by atoms with E-state index in [1.54, 1.807) is 36.3 Å². The number of thiazole rings is 1. The van der Waals surface area contributed by atoms with E-state index in [9.17, 15) is 4.79 Å². The van der Waals surface area contributed by atoms with E-state index in [4.69, 9.17) is 10.00 Å². The highest BCUT2D eigenvalue weighted by Crippen LogP contribution is 2.32. The van der Waals surface area contributed by atoms with Crippen LogP contribution in [0.3, 0.4) is 0 Å². The zero-order chi connectivity index (χ0) is 20.1. The molecule has 6 nitrogen and oxygen atoms in total. The summed E-state index contributed by atoms with van der Waals surface area (Å²) in [5, 5.41) is 9.64. The second kappa shape index (κ2) is 8.83. The smallest absolute Gasteiger partial charge is 0.260 e. The fourth-order valence-electron chi connectivity index (χ4n) is 2.81. The van der Waals surface area contributed by atoms with Gasteiger partial charge in [0.15, 0.2) is 5.13 Å². The van der Waals surface area contributed by atoms with Crippen molar-refractivity contribution in [1.82, 2.24) is 9.88 Å². The molecule has 0 saturated heterocycles. The van der Waals surface area contributed by atoms with Crippen molar-refractivity contribution < 1.29 is 9.53 Å². The number of anilines is 1. The predicted molar refractivity (Wildman–Crippen MR) is 112 cm³/mol. The molecule has 144 valence electrons. The average Bonchev–Trinajstić information content (AvgIpc) is 3.13. The predicted octanol–water partition coefficient (Wildman–Crippen LogP) is 3.78. The van der Waals surface area contributed by atoms with Gasteiger partial charge in [0.25, 0.3) is 5.91 Å². The van der Waals surface area contributed by atoms with Gasteiger partial charge in [-0.2, -0.15) is 5.26 Å². The number of nitrogens with zero attached hydrogens (tertiary/aromatic N) is 4. The Balaban J connectivity index is 1.93. The van der Waals surface area contributed by atoms with Crippen molar-refractivity contribution in [3.63, 3.8) is 0 Å². The van der Waals surface area contributed by atoms with Crippen LogP contribution in [0.5, 0.6) is 5.75 Å². The number of aromatic nitrogens is 1. The topological polar surface area (TPSA) is 69.5 Å². The minimum absolute atomic E-state index is 0.116. The number of benzene rings is 2. The lowest BCUT2D eigenvalue weighted by atomic mass is 10.1. The molecule has 0 aliphatic carbocycles. The molecule has 0 aliphatic rings. The van der Waals surface area contributed by atoms with Crippen LogP contribution < -0.4 is 9.64 Å². The van der Waals surface area contributed by atoms with Gasteiger partial charge in [-0.25, -0.2) is 4.98 Å². The SMILES string of the molecule is COc1ccc2nc(N(CCCN(C)C)C(=O)c3ccc(C#N)cc3)sc2c1. The fraction of sp³-hybridized carbons (Fsp3) is 0.286. The van der Waals surface area contributed by atoms with E-state index < -0.39 is 0 Å². The normalized spacial score (nSPS) is 10.8. The molecular formula is C21H22N4O2S. The molecule has 0 unspecified atom stereocenters. The van der Waals surface area contributed by atoms with Crippen LogP contribution in [0.2, 0.25) is 0 Å². The molecule has 3 aromatic rings. The number of fused-ring (bicyclic) bond motifs is 1. The van der Waals surface area contributed by atoms with Crippen LogP contribution in [0.1, 0.15) is 22.3 Å². The van der Waals surface area contributed by atoms with Gasteiger partial charge in [-0.1, -0.05) is 11.3 Å². The van der Waals surface area contributed by atoms with Gasteiger partial charge in [0.05, 0.1) is 29.0 Å². The maximum atomic E-state index is 13.2. The zero-order valence-electron chi connectivity index (χ0n) is 16.2. The second-order valence-electron chi connectivity index (χ2n) is 6.63. The maximum absolute atomic E-state index is 13.2. The summed E-state index contributed by atoms with van der Waals surface area (Å²) in [6, 6.07) is 14.5. The average molecular weight is 395 g/mol. The summed E-state index contributed by atoms with van der Waals surface area (Å²) in [7, 11) is 5.65. The molecule has 0 atom stereocenters. The lowest BCUT2D eigenvalue weighted by Gasteiger charge is -2.21. The molecule has 3 rings (SSSR count). The largest absolute Gasteiger partial charge is 0.497 e. The third-order valence-corrected chi connectivity index (χ3v) is 5.35. The number of ether oxygens (including phenoxy) is 1. The molecule has 1 heterocycles. The van der Waals surface area contributed by atoms with Crippen LogP contribution in [0, 0.1) is 11.3 Å². The number of amides is 1. The van der Waals surface area contributed by atoms with Gasteiger partial charge < -0.3 is 9.64 Å². The van der Waals surface area contributed by atoms with Gasteiger partial charge in [-0.05, 0) is 69.5 Å². The lowest BCUT2D eigenvalue weighted by molar-refractivity contribution is 0.0986. The van der Waals surface area contributed by atoms with E-state index in [1.807, 2.05) is 32.3 Å². The first kappa shape index (κ1) is 19.8. The Morgan fingerprint density at radius 3 is 2.57 bits per heavy atom. The molecule has 1 aromatic heterocycles. The van der Waals surface area contributed by atoms with Crippen LogP contribution in [0.15, 0.2) is 42.5 Å². The van der Waals surface area contributed by atoms with Crippen molar-refractivity contribution in [2.24, 2.45) is 0 Å². The van der Waals surface area contributed by atoms with Crippen molar-refractivity contribution in [2.75, 3.05) is 39.2 Å². The van der Waals surface area contributed by atoms with E-state index in [0.717, 1.165) is 28.9 Å². The Morgan fingerprint density at radius 2 is 1.93 bits per heavy atom. The summed E-state index contributed by atoms with van der Waals surface area (Å²) in [4.78, 5) is 21.7. The molecule has 0 N–H and O–H groups in total. The summed E-state index contributed by atoms with van der Waals surface area (Å²) < 4.78 is 6.26. The molecular weight excluding hydrogens is 372 g/mol. The molecule has 0 bridgehead atoms. The number of methoxy groups -OCH3 is 1. The monoisotopic (exact) mass is 394 g/mol. The minimum atomic E-state index is -0.116. The highest BCUT2D eigenvalue weighted by molar-refractivity contribution is 7.22. The number of nitriles is 1. The molecule has 2 aromatic carbocycles. The standard InChI is InChI=1S/C21H22N4O2S/c1-24(2)11-4-12-25(20(26)16-7-5-15(14-22)6-8-16)21-23-18-10-9-17(27-3)13-19(18)28-21/h5-10,13H,4,11-12H2,1-3H3. The van der Waals surface area contributed by atoms with Crippen LogP contribution in [0.25, 0.3) is 10.2 Å². The summed E-state index contributed by atoms with van der Waals surface area (Å²) in [6.07, 6.45) is 0.828. The van der Waals surface area contributed by atoms with Gasteiger partial charge in [0.2, 0.25) is 0 Å². The first-order valence-electron chi connectivity index (χ1n) is 8.93. The van der Waals surface area contributed by atoms with E-state index in [2.05, 4.69) is 16.0 Å². The Morgan fingerprint density at radius 1 is 1.18 bits per heavy atom. The maximum Gasteiger partial charge on any atom is 0.260 e. The van der Waals surface area contributed by atoms with Crippen LogP contribution in [-0.4, -0.2) is 50.1 Å². The van der Waals surface area contributed by atoms with Gasteiger partial charge in [-0.3, -0.25) is 9.69 Å². The molecule has 0 spiro atoms. The first-order valence-corrected chi connectivity index (χ1v) is 9.75. The number of carbonyl (C=O) groups excluding carboxylic acids is 1. The molecule has 0 fully saturated rings. The van der Waals surface area contributed by atoms with Gasteiger partial charge in [0.1, 0.15) is 5.75 Å². The third-order valence-electron chi connectivity index (χ3n) is 4.31. The number of hydrogen-bond donors (Lipinski definition) is 0. The summed E-state index contributed by atoms with van der Waals surface area (Å²) in [5.74, 6) is 0.648. The number of carbonyl (C=O) groups is 1. The molecule has 1 amide bonds. The Bertz CT molecular complexity index is 1010. The van der Waals surface area contributed by atoms with Crippen molar-refractivity contribution in [2.45, 2.75) is 6.42 Å². The van der Waals surface area contributed by atoms with Crippen molar-refractivity contribution in [3.05, 3.63) is 53.6 Å². The molecule has 28 heavy (non-hydrogen) atoms. The van der Waals surface area contributed by atoms with Crippen LogP contribution in [-0.2, 0) is 0 Å². The van der Waals surface area contributed by atoms with Gasteiger partial charge in [0, 0.05) is 12.1 Å². The van der Waals surface area contributed by atoms with Crippen molar-refractivity contribution >= 4 is 32.6 Å². The van der Waals surface area contributed by atoms with E-state index in [1.165, 1.54) is 11.3 Å². The first-order chi connectivity index (χ1) is 13.5. The quantitative estimate of drug-likeness (QED) is 0.610. The summed E-state index contributed by atoms with van der Waals surface area (Å²) in [6.45, 7) is 1.43. The third kappa shape index (κ3) is 4.47. The van der Waals surface area contributed by atoms with Crippen molar-refractivity contribution in [3.8, 4) is 11.8 Å². The Kier molecular flexibility index (Phi) is 6.24. The molecule has 0 aliphatic heterocycles. The zero-order valence-corrected chi connectivity index (χ0v) is 17.0. The van der Waals surface area contributed by atoms with E-state index in [-0.39, 0.29) is 5.91 Å². The van der Waals surface area contributed by atoms with Crippen molar-refractivity contribution in [1.29, 1.82) is 5.26 Å².